The highest BCUT2D eigenvalue weighted by Crippen LogP contribution is 2.41. The van der Waals surface area contributed by atoms with Crippen LogP contribution in [-0.4, -0.2) is 9.13 Å². The van der Waals surface area contributed by atoms with Crippen molar-refractivity contribution in [3.8, 4) is 11.4 Å². The first-order valence-corrected chi connectivity index (χ1v) is 22.8. The third kappa shape index (κ3) is 7.06. The number of hydrogen-bond acceptors (Lipinski definition) is 2. The van der Waals surface area contributed by atoms with Crippen LogP contribution in [-0.2, 0) is 6.54 Å². The third-order valence-electron chi connectivity index (χ3n) is 13.0. The maximum Gasteiger partial charge on any atom is 0.0542 e. The number of hydrogen-bond donors (Lipinski definition) is 0. The number of allylic oxidation sites excluding steroid dienone is 5. The smallest absolute Gasteiger partial charge is 0.0542 e. The van der Waals surface area contributed by atoms with Crippen LogP contribution in [0.2, 0.25) is 0 Å². The van der Waals surface area contributed by atoms with Gasteiger partial charge in [0.1, 0.15) is 0 Å². The first-order valence-electron chi connectivity index (χ1n) is 22.8. The number of nitrogens with zero attached hydrogens (tertiary/aromatic N) is 4. The van der Waals surface area contributed by atoms with Crippen LogP contribution < -0.4 is 9.80 Å². The quantitative estimate of drug-likeness (QED) is 0.136. The van der Waals surface area contributed by atoms with Gasteiger partial charge in [0.25, 0.3) is 0 Å². The van der Waals surface area contributed by atoms with Crippen molar-refractivity contribution in [2.75, 3.05) is 9.80 Å². The zero-order valence-corrected chi connectivity index (χ0v) is 36.5. The van der Waals surface area contributed by atoms with Gasteiger partial charge in [0.05, 0.1) is 22.1 Å². The lowest BCUT2D eigenvalue weighted by atomic mass is 10.0. The van der Waals surface area contributed by atoms with Crippen molar-refractivity contribution in [1.82, 2.24) is 9.13 Å². The maximum atomic E-state index is 2.45. The van der Waals surface area contributed by atoms with Gasteiger partial charge in [-0.2, -0.15) is 0 Å². The predicted octanol–water partition coefficient (Wildman–Crippen LogP) is 16.3. The van der Waals surface area contributed by atoms with E-state index in [9.17, 15) is 0 Å². The average molecular weight is 847 g/mol. The second kappa shape index (κ2) is 16.8. The fourth-order valence-corrected chi connectivity index (χ4v) is 9.90. The van der Waals surface area contributed by atoms with Crippen LogP contribution in [0.5, 0.6) is 0 Å². The summed E-state index contributed by atoms with van der Waals surface area (Å²) < 4.78 is 4.75. The molecule has 314 valence electrons. The number of aromatic nitrogens is 2. The van der Waals surface area contributed by atoms with E-state index in [2.05, 4.69) is 274 Å². The molecule has 4 nitrogen and oxygen atoms in total. The molecule has 0 saturated carbocycles. The topological polar surface area (TPSA) is 16.3 Å². The first kappa shape index (κ1) is 39.0. The Morgan fingerprint density at radius 2 is 0.848 bits per heavy atom. The van der Waals surface area contributed by atoms with Gasteiger partial charge in [-0.25, -0.2) is 0 Å². The molecule has 1 aliphatic carbocycles. The predicted molar refractivity (Wildman–Crippen MR) is 279 cm³/mol. The standard InChI is InChI=1S/C62H46N4/c1-5-18-45(19-6-1)44-63(53-38-40-61-57(42-53)55-28-13-15-30-59(55)65(61)50-23-9-3-10-24-50)48-27-17-20-46(32-35-48)47-33-36-52(37-34-47)64(49-21-7-2-8-22-49)54-39-41-62-58(43-54)56-29-14-16-31-60(56)66(62)51-25-11-4-12-26-51/h1-19,21-43H,20,44H2. The van der Waals surface area contributed by atoms with E-state index in [0.717, 1.165) is 52.8 Å². The van der Waals surface area contributed by atoms with Crippen LogP contribution in [0.25, 0.3) is 60.6 Å². The molecule has 66 heavy (non-hydrogen) atoms. The van der Waals surface area contributed by atoms with E-state index in [1.54, 1.807) is 0 Å². The van der Waals surface area contributed by atoms with Crippen molar-refractivity contribution in [2.24, 2.45) is 0 Å². The van der Waals surface area contributed by atoms with Crippen molar-refractivity contribution in [1.29, 1.82) is 0 Å². The molecule has 2 heterocycles. The van der Waals surface area contributed by atoms with E-state index in [4.69, 9.17) is 0 Å². The van der Waals surface area contributed by atoms with Crippen LogP contribution in [0.1, 0.15) is 17.5 Å². The number of para-hydroxylation sites is 5. The molecule has 1 aliphatic rings. The van der Waals surface area contributed by atoms with E-state index in [0.29, 0.717) is 0 Å². The summed E-state index contributed by atoms with van der Waals surface area (Å²) in [5.41, 5.74) is 16.5. The SMILES string of the molecule is C1=CC(N(Cc2ccccc2)c2ccc3c(c2)c2ccccc2n3-c2ccccc2)=CC=C(c2ccc(N(c3ccccc3)c3ccc4c(c3)c3ccccc3n4-c3ccccc3)cc2)C1. The molecule has 4 heteroatoms. The molecule has 0 atom stereocenters. The van der Waals surface area contributed by atoms with E-state index in [1.165, 1.54) is 60.3 Å². The fraction of sp³-hybridized carbons (Fsp3) is 0.0323. The Balaban J connectivity index is 0.905. The van der Waals surface area contributed by atoms with E-state index < -0.39 is 0 Å². The van der Waals surface area contributed by atoms with Gasteiger partial charge in [0.15, 0.2) is 0 Å². The molecule has 0 fully saturated rings. The van der Waals surface area contributed by atoms with E-state index in [-0.39, 0.29) is 0 Å². The zero-order valence-electron chi connectivity index (χ0n) is 36.5. The Bertz CT molecular complexity index is 3620. The van der Waals surface area contributed by atoms with Gasteiger partial charge in [-0.05, 0) is 132 Å². The minimum atomic E-state index is 0.742. The zero-order chi connectivity index (χ0) is 43.8. The van der Waals surface area contributed by atoms with Gasteiger partial charge in [-0.1, -0.05) is 146 Å². The van der Waals surface area contributed by atoms with Crippen molar-refractivity contribution in [3.05, 3.63) is 272 Å². The minimum absolute atomic E-state index is 0.742. The molecule has 11 aromatic rings. The van der Waals surface area contributed by atoms with Gasteiger partial charge < -0.3 is 18.9 Å². The van der Waals surface area contributed by atoms with Gasteiger partial charge in [0, 0.05) is 67.9 Å². The highest BCUT2D eigenvalue weighted by molar-refractivity contribution is 6.11. The summed E-state index contributed by atoms with van der Waals surface area (Å²) in [6.07, 6.45) is 10.0. The molecule has 0 N–H and O–H groups in total. The van der Waals surface area contributed by atoms with Crippen LogP contribution in [0.4, 0.5) is 22.7 Å². The third-order valence-corrected chi connectivity index (χ3v) is 13.0. The monoisotopic (exact) mass is 846 g/mol. The van der Waals surface area contributed by atoms with Crippen molar-refractivity contribution in [3.63, 3.8) is 0 Å². The molecule has 0 amide bonds. The molecule has 2 aromatic heterocycles. The molecule has 0 bridgehead atoms. The van der Waals surface area contributed by atoms with Crippen molar-refractivity contribution in [2.45, 2.75) is 13.0 Å². The van der Waals surface area contributed by atoms with Gasteiger partial charge in [0.2, 0.25) is 0 Å². The molecule has 12 rings (SSSR count). The number of anilines is 4. The van der Waals surface area contributed by atoms with Crippen LogP contribution in [0.15, 0.2) is 261 Å². The normalized spacial score (nSPS) is 12.7. The second-order valence-electron chi connectivity index (χ2n) is 17.0. The van der Waals surface area contributed by atoms with Gasteiger partial charge in [-0.3, -0.25) is 0 Å². The highest BCUT2D eigenvalue weighted by Gasteiger charge is 2.20. The van der Waals surface area contributed by atoms with E-state index >= 15 is 0 Å². The summed E-state index contributed by atoms with van der Waals surface area (Å²) in [5, 5.41) is 4.95. The van der Waals surface area contributed by atoms with Gasteiger partial charge >= 0.3 is 0 Å². The summed E-state index contributed by atoms with van der Waals surface area (Å²) >= 11 is 0. The first-order chi connectivity index (χ1) is 32.7. The molecular weight excluding hydrogens is 801 g/mol. The number of fused-ring (bicyclic) bond motifs is 6. The molecule has 0 spiro atoms. The highest BCUT2D eigenvalue weighted by atomic mass is 15.1. The minimum Gasteiger partial charge on any atom is -0.337 e. The Hall–Kier alpha value is -8.60. The van der Waals surface area contributed by atoms with Crippen LogP contribution in [0.3, 0.4) is 0 Å². The Morgan fingerprint density at radius 1 is 0.379 bits per heavy atom. The second-order valence-corrected chi connectivity index (χ2v) is 17.0. The molecule has 0 aliphatic heterocycles. The lowest BCUT2D eigenvalue weighted by Gasteiger charge is -2.26. The number of rotatable bonds is 10. The summed E-state index contributed by atoms with van der Waals surface area (Å²) in [4.78, 5) is 4.82. The average Bonchev–Trinajstić information content (AvgIpc) is 3.77. The summed E-state index contributed by atoms with van der Waals surface area (Å²) in [6, 6.07) is 83.2. The Morgan fingerprint density at radius 3 is 1.45 bits per heavy atom. The molecule has 0 saturated heterocycles. The number of benzene rings is 9. The summed E-state index contributed by atoms with van der Waals surface area (Å²) in [5.74, 6) is 0. The van der Waals surface area contributed by atoms with Crippen molar-refractivity contribution < 1.29 is 0 Å². The lowest BCUT2D eigenvalue weighted by Crippen LogP contribution is -2.21. The Kier molecular flexibility index (Phi) is 9.95. The van der Waals surface area contributed by atoms with Crippen LogP contribution in [0, 0.1) is 0 Å². The van der Waals surface area contributed by atoms with E-state index in [1.807, 2.05) is 0 Å². The van der Waals surface area contributed by atoms with Crippen molar-refractivity contribution >= 4 is 71.9 Å². The summed E-state index contributed by atoms with van der Waals surface area (Å²) in [6.45, 7) is 0.742. The Labute approximate surface area is 385 Å². The molecule has 9 aromatic carbocycles. The summed E-state index contributed by atoms with van der Waals surface area (Å²) in [7, 11) is 0. The van der Waals surface area contributed by atoms with Gasteiger partial charge in [-0.15, -0.1) is 0 Å². The largest absolute Gasteiger partial charge is 0.337 e. The maximum absolute atomic E-state index is 2.45. The fourth-order valence-electron chi connectivity index (χ4n) is 9.90. The molecule has 0 unspecified atom stereocenters. The lowest BCUT2D eigenvalue weighted by molar-refractivity contribution is 0.935. The molecule has 0 radical (unpaired) electrons. The molecular formula is C62H46N4. The van der Waals surface area contributed by atoms with Crippen LogP contribution >= 0.6 is 0 Å².